The van der Waals surface area contributed by atoms with Gasteiger partial charge in [0.25, 0.3) is 5.69 Å². The summed E-state index contributed by atoms with van der Waals surface area (Å²) in [6.07, 6.45) is 3.09. The normalized spacial score (nSPS) is 10.5. The number of nitro groups is 1. The molecule has 15 heavy (non-hydrogen) atoms. The van der Waals surface area contributed by atoms with Crippen LogP contribution in [0.25, 0.3) is 6.08 Å². The highest BCUT2D eigenvalue weighted by Crippen LogP contribution is 2.23. The van der Waals surface area contributed by atoms with Gasteiger partial charge in [-0.1, -0.05) is 12.2 Å². The Morgan fingerprint density at radius 3 is 2.80 bits per heavy atom. The van der Waals surface area contributed by atoms with E-state index in [1.807, 2.05) is 0 Å². The molecule has 0 bridgehead atoms. The van der Waals surface area contributed by atoms with Gasteiger partial charge in [-0.2, -0.15) is 0 Å². The molecule has 0 spiro atoms. The summed E-state index contributed by atoms with van der Waals surface area (Å²) in [5, 5.41) is 19.2. The van der Waals surface area contributed by atoms with E-state index in [0.717, 1.165) is 0 Å². The van der Waals surface area contributed by atoms with Crippen LogP contribution in [0.3, 0.4) is 0 Å². The molecule has 0 heterocycles. The van der Waals surface area contributed by atoms with Crippen LogP contribution in [0.2, 0.25) is 0 Å². The lowest BCUT2D eigenvalue weighted by molar-refractivity contribution is -0.384. The molecule has 0 atom stereocenters. The lowest BCUT2D eigenvalue weighted by Gasteiger charge is -2.01. The van der Waals surface area contributed by atoms with Crippen LogP contribution in [0.15, 0.2) is 24.3 Å². The van der Waals surface area contributed by atoms with Gasteiger partial charge in [-0.25, -0.2) is 0 Å². The minimum Gasteiger partial charge on any atom is -0.496 e. The molecule has 1 rings (SSSR count). The molecule has 1 N–H and O–H groups in total. The highest BCUT2D eigenvalue weighted by Gasteiger charge is 2.08. The summed E-state index contributed by atoms with van der Waals surface area (Å²) in [6.45, 7) is -0.106. The summed E-state index contributed by atoms with van der Waals surface area (Å²) in [4.78, 5) is 10.1. The van der Waals surface area contributed by atoms with Crippen molar-refractivity contribution in [3.8, 4) is 5.75 Å². The van der Waals surface area contributed by atoms with Crippen LogP contribution in [0.4, 0.5) is 5.69 Å². The molecule has 0 amide bonds. The smallest absolute Gasteiger partial charge is 0.273 e. The number of ether oxygens (including phenoxy) is 1. The van der Waals surface area contributed by atoms with Gasteiger partial charge in [0.2, 0.25) is 0 Å². The van der Waals surface area contributed by atoms with E-state index in [1.165, 1.54) is 25.3 Å². The predicted octanol–water partition coefficient (Wildman–Crippen LogP) is 1.61. The van der Waals surface area contributed by atoms with Crippen LogP contribution >= 0.6 is 0 Å². The van der Waals surface area contributed by atoms with Gasteiger partial charge >= 0.3 is 0 Å². The van der Waals surface area contributed by atoms with Crippen LogP contribution < -0.4 is 4.74 Å². The van der Waals surface area contributed by atoms with Crippen molar-refractivity contribution in [2.75, 3.05) is 13.7 Å². The van der Waals surface area contributed by atoms with Gasteiger partial charge in [0.1, 0.15) is 5.75 Å². The second-order valence-electron chi connectivity index (χ2n) is 2.81. The second-order valence-corrected chi connectivity index (χ2v) is 2.81. The van der Waals surface area contributed by atoms with E-state index in [4.69, 9.17) is 9.84 Å². The molecule has 5 nitrogen and oxygen atoms in total. The topological polar surface area (TPSA) is 72.6 Å². The maximum absolute atomic E-state index is 10.6. The second kappa shape index (κ2) is 5.11. The van der Waals surface area contributed by atoms with Gasteiger partial charge in [0.05, 0.1) is 24.7 Å². The molecular formula is C10H11NO4. The number of benzene rings is 1. The number of non-ortho nitro benzene ring substituents is 1. The van der Waals surface area contributed by atoms with Gasteiger partial charge < -0.3 is 9.84 Å². The number of rotatable bonds is 4. The fourth-order valence-corrected chi connectivity index (χ4v) is 1.11. The van der Waals surface area contributed by atoms with Crippen molar-refractivity contribution in [2.45, 2.75) is 0 Å². The zero-order valence-electron chi connectivity index (χ0n) is 8.21. The van der Waals surface area contributed by atoms with Crippen LogP contribution in [-0.4, -0.2) is 23.7 Å². The molecule has 0 aromatic heterocycles. The lowest BCUT2D eigenvalue weighted by atomic mass is 10.2. The third-order valence-electron chi connectivity index (χ3n) is 1.78. The van der Waals surface area contributed by atoms with Crippen LogP contribution in [0.5, 0.6) is 5.75 Å². The summed E-state index contributed by atoms with van der Waals surface area (Å²) >= 11 is 0. The lowest BCUT2D eigenvalue weighted by Crippen LogP contribution is -1.91. The Hall–Kier alpha value is -1.88. The molecule has 1 aromatic rings. The number of nitrogens with zero attached hydrogens (tertiary/aromatic N) is 1. The van der Waals surface area contributed by atoms with E-state index in [0.29, 0.717) is 11.3 Å². The van der Waals surface area contributed by atoms with Crippen LogP contribution in [-0.2, 0) is 0 Å². The molecule has 0 fully saturated rings. The maximum Gasteiger partial charge on any atom is 0.273 e. The first kappa shape index (κ1) is 11.2. The molecule has 0 aliphatic rings. The minimum absolute atomic E-state index is 0.0352. The summed E-state index contributed by atoms with van der Waals surface area (Å²) in [5.74, 6) is 0.418. The first-order valence-corrected chi connectivity index (χ1v) is 4.28. The fraction of sp³-hybridized carbons (Fsp3) is 0.200. The maximum atomic E-state index is 10.6. The van der Waals surface area contributed by atoms with E-state index in [-0.39, 0.29) is 12.3 Å². The minimum atomic E-state index is -0.487. The molecule has 0 aliphatic carbocycles. The standard InChI is InChI=1S/C10H11NO4/c1-15-10-6-8(3-2-4-12)5-9(7-10)11(13)14/h2-3,5-7,12H,4H2,1H3/b3-2+. The van der Waals surface area contributed by atoms with Crippen molar-refractivity contribution < 1.29 is 14.8 Å². The van der Waals surface area contributed by atoms with Crippen molar-refractivity contribution in [1.29, 1.82) is 0 Å². The van der Waals surface area contributed by atoms with Crippen LogP contribution in [0, 0.1) is 10.1 Å². The van der Waals surface area contributed by atoms with E-state index >= 15 is 0 Å². The van der Waals surface area contributed by atoms with E-state index in [9.17, 15) is 10.1 Å². The molecule has 0 aliphatic heterocycles. The van der Waals surface area contributed by atoms with Gasteiger partial charge in [0, 0.05) is 6.07 Å². The van der Waals surface area contributed by atoms with Crippen molar-refractivity contribution in [1.82, 2.24) is 0 Å². The van der Waals surface area contributed by atoms with Crippen LogP contribution in [0.1, 0.15) is 5.56 Å². The van der Waals surface area contributed by atoms with Crippen molar-refractivity contribution >= 4 is 11.8 Å². The molecule has 0 unspecified atom stereocenters. The third kappa shape index (κ3) is 3.07. The fourth-order valence-electron chi connectivity index (χ4n) is 1.11. The number of methoxy groups -OCH3 is 1. The number of hydrogen-bond donors (Lipinski definition) is 1. The molecule has 0 radical (unpaired) electrons. The zero-order chi connectivity index (χ0) is 11.3. The van der Waals surface area contributed by atoms with E-state index in [1.54, 1.807) is 12.1 Å². The first-order valence-electron chi connectivity index (χ1n) is 4.28. The molecule has 0 saturated carbocycles. The molecule has 0 saturated heterocycles. The number of nitro benzene ring substituents is 1. The Balaban J connectivity index is 3.11. The Labute approximate surface area is 86.8 Å². The Bertz CT molecular complexity index is 387. The van der Waals surface area contributed by atoms with Gasteiger partial charge in [-0.3, -0.25) is 10.1 Å². The monoisotopic (exact) mass is 209 g/mol. The van der Waals surface area contributed by atoms with Crippen molar-refractivity contribution in [3.63, 3.8) is 0 Å². The number of hydrogen-bond acceptors (Lipinski definition) is 4. The van der Waals surface area contributed by atoms with Gasteiger partial charge in [-0.05, 0) is 11.6 Å². The largest absolute Gasteiger partial charge is 0.496 e. The molecular weight excluding hydrogens is 198 g/mol. The molecule has 1 aromatic carbocycles. The Morgan fingerprint density at radius 1 is 1.53 bits per heavy atom. The summed E-state index contributed by atoms with van der Waals surface area (Å²) < 4.78 is 4.92. The highest BCUT2D eigenvalue weighted by atomic mass is 16.6. The summed E-state index contributed by atoms with van der Waals surface area (Å²) in [7, 11) is 1.44. The zero-order valence-corrected chi connectivity index (χ0v) is 8.21. The van der Waals surface area contributed by atoms with Gasteiger partial charge in [0.15, 0.2) is 0 Å². The van der Waals surface area contributed by atoms with Crippen molar-refractivity contribution in [2.24, 2.45) is 0 Å². The summed E-state index contributed by atoms with van der Waals surface area (Å²) in [5.41, 5.74) is 0.585. The number of aliphatic hydroxyl groups is 1. The average molecular weight is 209 g/mol. The first-order chi connectivity index (χ1) is 7.17. The Morgan fingerprint density at radius 2 is 2.27 bits per heavy atom. The average Bonchev–Trinajstić information content (AvgIpc) is 2.25. The summed E-state index contributed by atoms with van der Waals surface area (Å²) in [6, 6.07) is 4.41. The Kier molecular flexibility index (Phi) is 3.82. The quantitative estimate of drug-likeness (QED) is 0.604. The van der Waals surface area contributed by atoms with E-state index in [2.05, 4.69) is 0 Å². The highest BCUT2D eigenvalue weighted by molar-refractivity contribution is 5.57. The predicted molar refractivity (Wildman–Crippen MR) is 55.8 cm³/mol. The van der Waals surface area contributed by atoms with Crippen molar-refractivity contribution in [3.05, 3.63) is 40.0 Å². The molecule has 80 valence electrons. The van der Waals surface area contributed by atoms with E-state index < -0.39 is 4.92 Å². The SMILES string of the molecule is COc1cc(/C=C/CO)cc([N+](=O)[O-])c1. The number of aliphatic hydroxyl groups excluding tert-OH is 1. The van der Waals surface area contributed by atoms with Gasteiger partial charge in [-0.15, -0.1) is 0 Å². The third-order valence-corrected chi connectivity index (χ3v) is 1.78. The molecule has 5 heteroatoms.